The van der Waals surface area contributed by atoms with Crippen molar-refractivity contribution >= 4 is 24.4 Å². The van der Waals surface area contributed by atoms with Gasteiger partial charge in [0.25, 0.3) is 0 Å². The molecule has 4 aliphatic rings. The van der Waals surface area contributed by atoms with Crippen molar-refractivity contribution in [3.8, 4) is 0 Å². The van der Waals surface area contributed by atoms with Gasteiger partial charge in [-0.15, -0.1) is 0 Å². The number of hydrogen-bond donors (Lipinski definition) is 2. The summed E-state index contributed by atoms with van der Waals surface area (Å²) in [4.78, 5) is 32.0. The molecular weight excluding hydrogens is 516 g/mol. The number of imide groups is 1. The van der Waals surface area contributed by atoms with Crippen molar-refractivity contribution in [2.24, 2.45) is 0 Å². The van der Waals surface area contributed by atoms with Crippen molar-refractivity contribution in [3.63, 3.8) is 0 Å². The number of nitrogens with one attached hydrogen (secondary N) is 1. The molecule has 206 valence electrons. The van der Waals surface area contributed by atoms with Crippen molar-refractivity contribution in [2.75, 3.05) is 13.1 Å². The van der Waals surface area contributed by atoms with Crippen LogP contribution in [0.25, 0.3) is 0 Å². The molecule has 0 aliphatic carbocycles. The lowest BCUT2D eigenvalue weighted by Crippen LogP contribution is -2.54. The minimum absolute atomic E-state index is 0.135. The van der Waals surface area contributed by atoms with E-state index in [4.69, 9.17) is 12.6 Å². The number of benzene rings is 3. The summed E-state index contributed by atoms with van der Waals surface area (Å²) in [6.45, 7) is 3.72. The Morgan fingerprint density at radius 1 is 0.825 bits per heavy atom. The molecule has 3 aromatic rings. The quantitative estimate of drug-likeness (QED) is 0.344. The third-order valence-electron chi connectivity index (χ3n) is 9.39. The number of thiol groups is 1. The summed E-state index contributed by atoms with van der Waals surface area (Å²) < 4.78 is 0. The molecule has 3 saturated heterocycles. The van der Waals surface area contributed by atoms with Gasteiger partial charge >= 0.3 is 0 Å². The highest BCUT2D eigenvalue weighted by Gasteiger charge is 2.45. The molecule has 2 bridgehead atoms. The molecule has 3 fully saturated rings. The monoisotopic (exact) mass is 552 g/mol. The third kappa shape index (κ3) is 4.69. The number of carbonyl (C=O) groups excluding carboxylic acids is 2. The fraction of sp³-hybridized carbons (Fsp3) is 0.394. The Labute approximate surface area is 241 Å². The highest BCUT2D eigenvalue weighted by atomic mass is 32.1. The number of hydrogen-bond acceptors (Lipinski definition) is 6. The first kappa shape index (κ1) is 26.0. The van der Waals surface area contributed by atoms with E-state index >= 15 is 0 Å². The topological polar surface area (TPSA) is 55.9 Å². The van der Waals surface area contributed by atoms with Gasteiger partial charge in [0.05, 0.1) is 17.5 Å². The maximum Gasteiger partial charge on any atom is 0.243 e. The van der Waals surface area contributed by atoms with Gasteiger partial charge in [-0.2, -0.15) is 12.6 Å². The van der Waals surface area contributed by atoms with Gasteiger partial charge < -0.3 is 0 Å². The normalized spacial score (nSPS) is 27.2. The van der Waals surface area contributed by atoms with E-state index in [-0.39, 0.29) is 29.3 Å². The smallest absolute Gasteiger partial charge is 0.243 e. The maximum atomic E-state index is 12.6. The lowest BCUT2D eigenvalue weighted by molar-refractivity contribution is -0.137. The molecule has 4 aliphatic heterocycles. The summed E-state index contributed by atoms with van der Waals surface area (Å²) in [6, 6.07) is 29.5. The van der Waals surface area contributed by atoms with Gasteiger partial charge in [-0.05, 0) is 47.1 Å². The van der Waals surface area contributed by atoms with Gasteiger partial charge in [-0.25, -0.2) is 0 Å². The molecule has 4 unspecified atom stereocenters. The number of nitrogens with zero attached hydrogens (tertiary/aromatic N) is 3. The van der Waals surface area contributed by atoms with Gasteiger partial charge in [0, 0.05) is 44.7 Å². The minimum atomic E-state index is -0.312. The Bertz CT molecular complexity index is 1350. The predicted molar refractivity (Wildman–Crippen MR) is 159 cm³/mol. The molecule has 4 atom stereocenters. The molecule has 6 nitrogen and oxygen atoms in total. The van der Waals surface area contributed by atoms with E-state index in [0.29, 0.717) is 31.5 Å². The Balaban J connectivity index is 1.10. The average molecular weight is 553 g/mol. The molecule has 40 heavy (non-hydrogen) atoms. The lowest BCUT2D eigenvalue weighted by Gasteiger charge is -2.45. The number of carbonyl (C=O) groups is 2. The fourth-order valence-corrected chi connectivity index (χ4v) is 8.07. The number of piperidine rings is 1. The van der Waals surface area contributed by atoms with Crippen LogP contribution >= 0.6 is 12.6 Å². The van der Waals surface area contributed by atoms with Gasteiger partial charge in [-0.3, -0.25) is 29.6 Å². The Morgan fingerprint density at radius 3 is 2.10 bits per heavy atom. The zero-order valence-corrected chi connectivity index (χ0v) is 23.5. The SMILES string of the molecule is O=C1CCC(N2Cc3c(CN4CC5CCC(C4)N5C(c4ccccc4)c4ccccc4)cccc3C2S)C(=O)N1. The van der Waals surface area contributed by atoms with Gasteiger partial charge in [0.2, 0.25) is 11.8 Å². The van der Waals surface area contributed by atoms with Gasteiger partial charge in [0.15, 0.2) is 0 Å². The van der Waals surface area contributed by atoms with Crippen molar-refractivity contribution in [1.82, 2.24) is 20.0 Å². The molecule has 1 N–H and O–H groups in total. The third-order valence-corrected chi connectivity index (χ3v) is 9.96. The Morgan fingerprint density at radius 2 is 1.48 bits per heavy atom. The van der Waals surface area contributed by atoms with Crippen LogP contribution in [-0.2, 0) is 22.7 Å². The van der Waals surface area contributed by atoms with Crippen molar-refractivity contribution in [3.05, 3.63) is 107 Å². The van der Waals surface area contributed by atoms with Crippen molar-refractivity contribution in [2.45, 2.75) is 68.3 Å². The zero-order valence-electron chi connectivity index (χ0n) is 22.7. The summed E-state index contributed by atoms with van der Waals surface area (Å²) in [5, 5.41) is 2.39. The highest BCUT2D eigenvalue weighted by Crippen LogP contribution is 2.43. The average Bonchev–Trinajstić information content (AvgIpc) is 3.43. The van der Waals surface area contributed by atoms with E-state index in [2.05, 4.69) is 98.9 Å². The van der Waals surface area contributed by atoms with Gasteiger partial charge in [0.1, 0.15) is 0 Å². The number of amides is 2. The molecule has 7 rings (SSSR count). The number of piperazine rings is 1. The van der Waals surface area contributed by atoms with E-state index in [9.17, 15) is 9.59 Å². The molecule has 0 aromatic heterocycles. The van der Waals surface area contributed by atoms with Crippen LogP contribution in [0.3, 0.4) is 0 Å². The summed E-state index contributed by atoms with van der Waals surface area (Å²) in [5.74, 6) is -0.367. The molecule has 0 saturated carbocycles. The van der Waals surface area contributed by atoms with Crippen molar-refractivity contribution in [1.29, 1.82) is 0 Å². The second-order valence-electron chi connectivity index (χ2n) is 11.7. The van der Waals surface area contributed by atoms with E-state index < -0.39 is 0 Å². The van der Waals surface area contributed by atoms with E-state index in [1.165, 1.54) is 40.7 Å². The summed E-state index contributed by atoms with van der Waals surface area (Å²) in [5.41, 5.74) is 6.57. The summed E-state index contributed by atoms with van der Waals surface area (Å²) in [6.07, 6.45) is 3.40. The van der Waals surface area contributed by atoms with Crippen molar-refractivity contribution < 1.29 is 9.59 Å². The first-order chi connectivity index (χ1) is 19.6. The molecule has 7 heteroatoms. The predicted octanol–water partition coefficient (Wildman–Crippen LogP) is 4.67. The Hall–Kier alpha value is -2.97. The first-order valence-corrected chi connectivity index (χ1v) is 15.1. The summed E-state index contributed by atoms with van der Waals surface area (Å²) in [7, 11) is 0. The fourth-order valence-electron chi connectivity index (χ4n) is 7.59. The first-order valence-electron chi connectivity index (χ1n) is 14.5. The maximum absolute atomic E-state index is 12.6. The van der Waals surface area contributed by atoms with Crippen LogP contribution < -0.4 is 5.32 Å². The van der Waals surface area contributed by atoms with Crippen LogP contribution in [0.15, 0.2) is 78.9 Å². The van der Waals surface area contributed by atoms with Crippen LogP contribution in [-0.4, -0.2) is 57.7 Å². The second-order valence-corrected chi connectivity index (χ2v) is 12.2. The van der Waals surface area contributed by atoms with Crippen LogP contribution in [0.2, 0.25) is 0 Å². The van der Waals surface area contributed by atoms with Crippen LogP contribution in [0, 0.1) is 0 Å². The summed E-state index contributed by atoms with van der Waals surface area (Å²) >= 11 is 4.94. The molecule has 0 radical (unpaired) electrons. The number of likely N-dealkylation sites (tertiary alicyclic amines) is 1. The van der Waals surface area contributed by atoms with E-state index in [1.54, 1.807) is 0 Å². The molecule has 0 spiro atoms. The Kier molecular flexibility index (Phi) is 7.00. The van der Waals surface area contributed by atoms with E-state index in [0.717, 1.165) is 19.6 Å². The zero-order chi connectivity index (χ0) is 27.2. The van der Waals surface area contributed by atoms with Crippen LogP contribution in [0.5, 0.6) is 0 Å². The lowest BCUT2D eigenvalue weighted by atomic mass is 9.94. The minimum Gasteiger partial charge on any atom is -0.296 e. The molecular formula is C33H36N4O2S. The molecule has 3 aromatic carbocycles. The molecule has 2 amide bonds. The van der Waals surface area contributed by atoms with Crippen LogP contribution in [0.4, 0.5) is 0 Å². The van der Waals surface area contributed by atoms with Gasteiger partial charge in [-0.1, -0.05) is 78.9 Å². The highest BCUT2D eigenvalue weighted by molar-refractivity contribution is 7.80. The number of rotatable bonds is 6. The van der Waals surface area contributed by atoms with E-state index in [1.807, 2.05) is 0 Å². The largest absolute Gasteiger partial charge is 0.296 e. The standard InChI is InChI=1S/C33H36N4O2S/c38-30-17-16-29(32(39)34-30)36-21-28-24(12-7-13-27(28)33(36)40)18-35-19-25-14-15-26(20-35)37(25)31(22-8-3-1-4-9-22)23-10-5-2-6-11-23/h1-13,25-26,29,31,33,40H,14-21H2,(H,34,38,39). The second kappa shape index (κ2) is 10.8. The number of fused-ring (bicyclic) bond motifs is 3. The molecule has 4 heterocycles. The van der Waals surface area contributed by atoms with Crippen LogP contribution in [0.1, 0.15) is 64.9 Å².